The zero-order valence-electron chi connectivity index (χ0n) is 14.2. The second-order valence-corrected chi connectivity index (χ2v) is 7.55. The molecule has 0 aromatic heterocycles. The fraction of sp³-hybridized carbons (Fsp3) is 0.222. The van der Waals surface area contributed by atoms with E-state index < -0.39 is 34.8 Å². The lowest BCUT2D eigenvalue weighted by molar-refractivity contribution is -0.0498. The van der Waals surface area contributed by atoms with Gasteiger partial charge in [0.25, 0.3) is 0 Å². The molecule has 2 rings (SSSR count). The first-order valence-corrected chi connectivity index (χ1v) is 9.47. The Morgan fingerprint density at radius 1 is 1.04 bits per heavy atom. The molecule has 6 nitrogen and oxygen atoms in total. The smallest absolute Gasteiger partial charge is 0.387 e. The highest BCUT2D eigenvalue weighted by molar-refractivity contribution is 7.91. The van der Waals surface area contributed by atoms with Gasteiger partial charge in [-0.1, -0.05) is 19.1 Å². The molecule has 2 aromatic rings. The molecule has 0 atom stereocenters. The predicted octanol–water partition coefficient (Wildman–Crippen LogP) is 3.12. The van der Waals surface area contributed by atoms with Crippen molar-refractivity contribution < 1.29 is 36.3 Å². The summed E-state index contributed by atoms with van der Waals surface area (Å²) in [6.45, 7) is -2.16. The van der Waals surface area contributed by atoms with Crippen LogP contribution >= 0.6 is 0 Å². The van der Waals surface area contributed by atoms with Crippen molar-refractivity contribution in [1.29, 1.82) is 0 Å². The van der Waals surface area contributed by atoms with Crippen LogP contribution in [0.3, 0.4) is 0 Å². The highest BCUT2D eigenvalue weighted by atomic mass is 32.2. The Morgan fingerprint density at radius 2 is 1.67 bits per heavy atom. The van der Waals surface area contributed by atoms with Gasteiger partial charge in [0.15, 0.2) is 22.2 Å². The molecule has 0 fully saturated rings. The number of halogens is 2. The second-order valence-electron chi connectivity index (χ2n) is 5.30. The molecule has 144 valence electrons. The van der Waals surface area contributed by atoms with Crippen LogP contribution in [0.4, 0.5) is 8.78 Å². The molecule has 2 aromatic carbocycles. The summed E-state index contributed by atoms with van der Waals surface area (Å²) in [6, 6.07) is 10.4. The van der Waals surface area contributed by atoms with Crippen LogP contribution in [0, 0.1) is 0 Å². The van der Waals surface area contributed by atoms with Crippen LogP contribution in [0.5, 0.6) is 5.75 Å². The van der Waals surface area contributed by atoms with Crippen LogP contribution in [0.25, 0.3) is 0 Å². The summed E-state index contributed by atoms with van der Waals surface area (Å²) >= 11 is 0. The molecule has 0 aliphatic heterocycles. The van der Waals surface area contributed by atoms with Crippen LogP contribution in [-0.2, 0) is 14.6 Å². The van der Waals surface area contributed by atoms with Crippen molar-refractivity contribution in [2.24, 2.45) is 0 Å². The van der Waals surface area contributed by atoms with Gasteiger partial charge in [0.05, 0.1) is 16.2 Å². The fourth-order valence-corrected chi connectivity index (χ4v) is 3.26. The third kappa shape index (κ3) is 5.33. The fourth-order valence-electron chi connectivity index (χ4n) is 2.18. The first-order valence-electron chi connectivity index (χ1n) is 7.81. The number of sulfone groups is 1. The molecule has 0 unspecified atom stereocenters. The standard InChI is InChI=1S/C18H16F2O6S/c1-2-27(23,24)16-6-4-3-5-14(16)17(22)25-11-15(21)12-7-9-13(10-8-12)26-18(19)20/h3-10,18H,2,11H2,1H3. The van der Waals surface area contributed by atoms with Crippen molar-refractivity contribution in [3.63, 3.8) is 0 Å². The van der Waals surface area contributed by atoms with Crippen LogP contribution in [-0.4, -0.2) is 39.1 Å². The lowest BCUT2D eigenvalue weighted by Gasteiger charge is -2.09. The van der Waals surface area contributed by atoms with E-state index in [4.69, 9.17) is 4.74 Å². The van der Waals surface area contributed by atoms with Gasteiger partial charge in [-0.15, -0.1) is 0 Å². The van der Waals surface area contributed by atoms with Gasteiger partial charge in [-0.25, -0.2) is 13.2 Å². The number of alkyl halides is 2. The summed E-state index contributed by atoms with van der Waals surface area (Å²) < 4.78 is 57.4. The van der Waals surface area contributed by atoms with E-state index in [9.17, 15) is 26.8 Å². The molecule has 0 saturated carbocycles. The normalized spacial score (nSPS) is 11.3. The molecule has 0 aliphatic carbocycles. The number of ether oxygens (including phenoxy) is 2. The van der Waals surface area contributed by atoms with Gasteiger partial charge in [0.2, 0.25) is 0 Å². The van der Waals surface area contributed by atoms with E-state index >= 15 is 0 Å². The van der Waals surface area contributed by atoms with Crippen molar-refractivity contribution in [1.82, 2.24) is 0 Å². The Bertz CT molecular complexity index is 923. The minimum atomic E-state index is -3.64. The highest BCUT2D eigenvalue weighted by Crippen LogP contribution is 2.19. The molecule has 27 heavy (non-hydrogen) atoms. The number of rotatable bonds is 8. The van der Waals surface area contributed by atoms with Crippen molar-refractivity contribution in [2.45, 2.75) is 18.4 Å². The van der Waals surface area contributed by atoms with Gasteiger partial charge in [0.1, 0.15) is 5.75 Å². The van der Waals surface area contributed by atoms with E-state index in [1.54, 1.807) is 0 Å². The predicted molar refractivity (Wildman–Crippen MR) is 91.9 cm³/mol. The summed E-state index contributed by atoms with van der Waals surface area (Å²) in [4.78, 5) is 24.1. The lowest BCUT2D eigenvalue weighted by Crippen LogP contribution is -2.17. The summed E-state index contributed by atoms with van der Waals surface area (Å²) in [6.07, 6.45) is 0. The average molecular weight is 398 g/mol. The van der Waals surface area contributed by atoms with E-state index in [1.165, 1.54) is 55.5 Å². The van der Waals surface area contributed by atoms with Gasteiger partial charge in [0, 0.05) is 5.56 Å². The Labute approximate surface area is 154 Å². The average Bonchev–Trinajstić information content (AvgIpc) is 2.66. The van der Waals surface area contributed by atoms with E-state index in [0.29, 0.717) is 0 Å². The van der Waals surface area contributed by atoms with E-state index in [-0.39, 0.29) is 27.5 Å². The highest BCUT2D eigenvalue weighted by Gasteiger charge is 2.22. The van der Waals surface area contributed by atoms with Crippen LogP contribution in [0.15, 0.2) is 53.4 Å². The number of carbonyl (C=O) groups excluding carboxylic acids is 2. The summed E-state index contributed by atoms with van der Waals surface area (Å²) in [5.74, 6) is -1.84. The molecule has 0 radical (unpaired) electrons. The minimum Gasteiger partial charge on any atom is -0.454 e. The number of hydrogen-bond acceptors (Lipinski definition) is 6. The quantitative estimate of drug-likeness (QED) is 0.502. The SMILES string of the molecule is CCS(=O)(=O)c1ccccc1C(=O)OCC(=O)c1ccc(OC(F)F)cc1. The maximum atomic E-state index is 12.2. The Balaban J connectivity index is 2.07. The number of Topliss-reactive ketones (excluding diaryl/α,β-unsaturated/α-hetero) is 1. The van der Waals surface area contributed by atoms with Crippen molar-refractivity contribution >= 4 is 21.6 Å². The number of benzene rings is 2. The molecular formula is C18H16F2O6S. The van der Waals surface area contributed by atoms with Crippen LogP contribution in [0.2, 0.25) is 0 Å². The third-order valence-corrected chi connectivity index (χ3v) is 5.34. The molecule has 0 aliphatic rings. The second kappa shape index (κ2) is 8.72. The van der Waals surface area contributed by atoms with Crippen molar-refractivity contribution in [3.05, 3.63) is 59.7 Å². The first-order chi connectivity index (χ1) is 12.7. The molecule has 0 heterocycles. The number of hydrogen-bond donors (Lipinski definition) is 0. The van der Waals surface area contributed by atoms with Crippen LogP contribution in [0.1, 0.15) is 27.6 Å². The number of carbonyl (C=O) groups is 2. The van der Waals surface area contributed by atoms with Gasteiger partial charge >= 0.3 is 12.6 Å². The van der Waals surface area contributed by atoms with Gasteiger partial charge in [-0.2, -0.15) is 8.78 Å². The minimum absolute atomic E-state index is 0.114. The van der Waals surface area contributed by atoms with Crippen molar-refractivity contribution in [3.8, 4) is 5.75 Å². The monoisotopic (exact) mass is 398 g/mol. The molecule has 0 spiro atoms. The van der Waals surface area contributed by atoms with E-state index in [0.717, 1.165) is 0 Å². The van der Waals surface area contributed by atoms with Gasteiger partial charge in [-0.3, -0.25) is 4.79 Å². The maximum Gasteiger partial charge on any atom is 0.387 e. The lowest BCUT2D eigenvalue weighted by atomic mass is 10.1. The van der Waals surface area contributed by atoms with Crippen LogP contribution < -0.4 is 4.74 Å². The first kappa shape index (κ1) is 20.5. The van der Waals surface area contributed by atoms with E-state index in [1.807, 2.05) is 0 Å². The molecule has 9 heteroatoms. The molecular weight excluding hydrogens is 382 g/mol. The van der Waals surface area contributed by atoms with Crippen molar-refractivity contribution in [2.75, 3.05) is 12.4 Å². The topological polar surface area (TPSA) is 86.7 Å². The van der Waals surface area contributed by atoms with E-state index in [2.05, 4.69) is 4.74 Å². The summed E-state index contributed by atoms with van der Waals surface area (Å²) in [5.41, 5.74) is -0.0355. The Hall–Kier alpha value is -2.81. The maximum absolute atomic E-state index is 12.2. The largest absolute Gasteiger partial charge is 0.454 e. The zero-order valence-corrected chi connectivity index (χ0v) is 15.0. The molecule has 0 amide bonds. The summed E-state index contributed by atoms with van der Waals surface area (Å²) in [5, 5.41) is 0. The Kier molecular flexibility index (Phi) is 6.62. The molecule has 0 N–H and O–H groups in total. The van der Waals surface area contributed by atoms with Gasteiger partial charge in [-0.05, 0) is 36.4 Å². The Morgan fingerprint density at radius 3 is 2.26 bits per heavy atom. The summed E-state index contributed by atoms with van der Waals surface area (Å²) in [7, 11) is -3.64. The molecule has 0 saturated heterocycles. The third-order valence-electron chi connectivity index (χ3n) is 3.56. The zero-order chi connectivity index (χ0) is 20.0. The van der Waals surface area contributed by atoms with Gasteiger partial charge < -0.3 is 9.47 Å². The number of ketones is 1. The molecule has 0 bridgehead atoms. The number of esters is 1.